The summed E-state index contributed by atoms with van der Waals surface area (Å²) in [6, 6.07) is 0. The van der Waals surface area contributed by atoms with Gasteiger partial charge >= 0.3 is 69.5 Å². The van der Waals surface area contributed by atoms with E-state index in [1.54, 1.807) is 0 Å². The molecule has 6 heteroatoms. The zero-order chi connectivity index (χ0) is 15.1. The molecule has 0 aromatic rings. The Morgan fingerprint density at radius 3 is 1.44 bits per heavy atom. The molecule has 1 atom stereocenters. The Labute approximate surface area is 119 Å². The van der Waals surface area contributed by atoms with E-state index in [0.29, 0.717) is 6.86 Å². The van der Waals surface area contributed by atoms with Gasteiger partial charge in [0, 0.05) is 12.4 Å². The molecule has 0 amide bonds. The Balaban J connectivity index is 0. The number of aliphatic hydroxyl groups is 1. The van der Waals surface area contributed by atoms with Crippen LogP contribution in [0.15, 0.2) is 0 Å². The SMILES string of the molecule is C[C](C)(C)[Sn+2][C](C)(C)C.O=C([O-])CC(O)C(=O)[O-]. The molecule has 0 fully saturated rings. The van der Waals surface area contributed by atoms with Crippen LogP contribution in [0, 0.1) is 0 Å². The minimum absolute atomic E-state index is 0.182. The van der Waals surface area contributed by atoms with Gasteiger partial charge in [0.15, 0.2) is 0 Å². The number of hydrogen-bond donors (Lipinski definition) is 1. The number of rotatable bonds is 3. The van der Waals surface area contributed by atoms with Crippen LogP contribution in [-0.4, -0.2) is 44.3 Å². The summed E-state index contributed by atoms with van der Waals surface area (Å²) in [6.45, 7) is 14.2. The Hall–Kier alpha value is -0.301. The van der Waals surface area contributed by atoms with Crippen molar-refractivity contribution in [2.24, 2.45) is 0 Å². The van der Waals surface area contributed by atoms with Gasteiger partial charge in [-0.05, 0) is 0 Å². The van der Waals surface area contributed by atoms with Gasteiger partial charge in [-0.3, -0.25) is 0 Å². The summed E-state index contributed by atoms with van der Waals surface area (Å²) in [6.07, 6.45) is -2.89. The first-order chi connectivity index (χ1) is 7.74. The Morgan fingerprint density at radius 2 is 1.39 bits per heavy atom. The summed E-state index contributed by atoms with van der Waals surface area (Å²) in [5, 5.41) is 27.3. The molecule has 0 aliphatic heterocycles. The maximum atomic E-state index is 9.58. The predicted molar refractivity (Wildman–Crippen MR) is 65.8 cm³/mol. The maximum Gasteiger partial charge on any atom is 0.0985 e. The van der Waals surface area contributed by atoms with E-state index in [9.17, 15) is 19.8 Å². The average molecular weight is 365 g/mol. The van der Waals surface area contributed by atoms with Gasteiger partial charge in [-0.15, -0.1) is 0 Å². The third-order valence-corrected chi connectivity index (χ3v) is 5.66. The molecule has 0 rings (SSSR count). The Morgan fingerprint density at radius 1 is 1.06 bits per heavy atom. The molecule has 0 aliphatic carbocycles. The van der Waals surface area contributed by atoms with Gasteiger partial charge in [-0.1, -0.05) is 0 Å². The predicted octanol–water partition coefficient (Wildman–Crippen LogP) is -0.635. The molecule has 0 spiro atoms. The molecule has 0 heterocycles. The minimum Gasteiger partial charge on any atom is -0.550 e. The number of carboxylic acids is 2. The third-order valence-electron chi connectivity index (χ3n) is 1.38. The molecule has 1 N–H and O–H groups in total. The van der Waals surface area contributed by atoms with Gasteiger partial charge in [-0.25, -0.2) is 0 Å². The van der Waals surface area contributed by atoms with Gasteiger partial charge in [0.05, 0.1) is 12.1 Å². The third kappa shape index (κ3) is 18.1. The molecule has 0 aromatic carbocycles. The van der Waals surface area contributed by atoms with Crippen molar-refractivity contribution in [1.82, 2.24) is 0 Å². The molecule has 18 heavy (non-hydrogen) atoms. The largest absolute Gasteiger partial charge is 0.550 e. The summed E-state index contributed by atoms with van der Waals surface area (Å²) in [4.78, 5) is 19.1. The quantitative estimate of drug-likeness (QED) is 0.671. The molecule has 104 valence electrons. The van der Waals surface area contributed by atoms with Crippen molar-refractivity contribution >= 4 is 33.1 Å². The molecule has 5 nitrogen and oxygen atoms in total. The van der Waals surface area contributed by atoms with E-state index in [1.807, 2.05) is 0 Å². The summed E-state index contributed by atoms with van der Waals surface area (Å²) >= 11 is -0.182. The first kappa shape index (κ1) is 20.0. The fourth-order valence-electron chi connectivity index (χ4n) is 1.37. The summed E-state index contributed by atoms with van der Waals surface area (Å²) in [5.74, 6) is -3.43. The van der Waals surface area contributed by atoms with Gasteiger partial charge in [0.1, 0.15) is 0 Å². The van der Waals surface area contributed by atoms with Crippen molar-refractivity contribution in [3.63, 3.8) is 0 Å². The van der Waals surface area contributed by atoms with Crippen LogP contribution in [0.1, 0.15) is 48.0 Å². The molecular formula is C12H22O5Sn. The smallest absolute Gasteiger partial charge is 0.0985 e. The number of hydrogen-bond acceptors (Lipinski definition) is 5. The number of carboxylic acid groups (broad SMARTS) is 2. The van der Waals surface area contributed by atoms with Crippen LogP contribution < -0.4 is 10.2 Å². The normalized spacial score (nSPS) is 12.8. The first-order valence-corrected chi connectivity index (χ1v) is 8.48. The fourth-order valence-corrected chi connectivity index (χ4v) is 7.79. The summed E-state index contributed by atoms with van der Waals surface area (Å²) < 4.78 is 1.31. The molecule has 1 unspecified atom stereocenters. The van der Waals surface area contributed by atoms with E-state index < -0.39 is 24.5 Å². The monoisotopic (exact) mass is 366 g/mol. The fraction of sp³-hybridized carbons (Fsp3) is 0.833. The second-order valence-corrected chi connectivity index (χ2v) is 15.3. The van der Waals surface area contributed by atoms with Gasteiger partial charge in [-0.2, -0.15) is 0 Å². The van der Waals surface area contributed by atoms with Crippen LogP contribution in [0.25, 0.3) is 0 Å². The second kappa shape index (κ2) is 7.99. The van der Waals surface area contributed by atoms with Crippen molar-refractivity contribution in [3.8, 4) is 0 Å². The number of aliphatic hydroxyl groups excluding tert-OH is 1. The van der Waals surface area contributed by atoms with E-state index >= 15 is 0 Å². The standard InChI is InChI=1S/C4H6O5.2C4H9.Sn/c5-2(4(8)9)1-3(6)7;2*1-4(2)3;/h2,5H,1H2,(H,6,7)(H,8,9);2*1-3H3;/q;;;+2/p-2. The van der Waals surface area contributed by atoms with E-state index in [1.165, 1.54) is 0 Å². The van der Waals surface area contributed by atoms with Crippen molar-refractivity contribution in [3.05, 3.63) is 0 Å². The number of carbonyl (C=O) groups is 2. The molecular weight excluding hydrogens is 343 g/mol. The van der Waals surface area contributed by atoms with Crippen LogP contribution in [0.3, 0.4) is 0 Å². The van der Waals surface area contributed by atoms with Crippen LogP contribution in [0.2, 0.25) is 6.86 Å². The molecule has 0 saturated carbocycles. The van der Waals surface area contributed by atoms with Gasteiger partial charge in [0.2, 0.25) is 0 Å². The van der Waals surface area contributed by atoms with Gasteiger partial charge in [0.25, 0.3) is 0 Å². The number of carbonyl (C=O) groups excluding carboxylic acids is 2. The topological polar surface area (TPSA) is 100 Å². The van der Waals surface area contributed by atoms with E-state index in [4.69, 9.17) is 5.11 Å². The zero-order valence-electron chi connectivity index (χ0n) is 11.9. The van der Waals surface area contributed by atoms with E-state index in [2.05, 4.69) is 41.5 Å². The summed E-state index contributed by atoms with van der Waals surface area (Å²) in [7, 11) is 0. The van der Waals surface area contributed by atoms with Crippen molar-refractivity contribution in [1.29, 1.82) is 0 Å². The molecule has 0 bridgehead atoms. The van der Waals surface area contributed by atoms with Gasteiger partial charge < -0.3 is 24.9 Å². The van der Waals surface area contributed by atoms with Crippen LogP contribution >= 0.6 is 0 Å². The number of aliphatic carboxylic acids is 2. The van der Waals surface area contributed by atoms with Crippen molar-refractivity contribution in [2.75, 3.05) is 0 Å². The van der Waals surface area contributed by atoms with Crippen molar-refractivity contribution < 1.29 is 24.9 Å². The second-order valence-electron chi connectivity index (χ2n) is 6.04. The maximum absolute atomic E-state index is 9.58. The van der Waals surface area contributed by atoms with Crippen LogP contribution in [0.4, 0.5) is 0 Å². The molecule has 0 radical (unpaired) electrons. The Kier molecular flexibility index (Phi) is 8.89. The average Bonchev–Trinajstić information content (AvgIpc) is 1.95. The molecule has 0 aromatic heterocycles. The minimum atomic E-state index is -1.96. The van der Waals surface area contributed by atoms with E-state index in [-0.39, 0.29) is 21.1 Å². The van der Waals surface area contributed by atoms with Crippen molar-refractivity contribution in [2.45, 2.75) is 60.9 Å². The zero-order valence-corrected chi connectivity index (χ0v) is 14.7. The molecule has 0 aliphatic rings. The summed E-state index contributed by atoms with van der Waals surface area (Å²) in [5.41, 5.74) is 0. The first-order valence-electron chi connectivity index (χ1n) is 5.63. The van der Waals surface area contributed by atoms with E-state index in [0.717, 1.165) is 0 Å². The molecule has 0 saturated heterocycles. The van der Waals surface area contributed by atoms with Crippen LogP contribution in [0.5, 0.6) is 0 Å². The van der Waals surface area contributed by atoms with Crippen LogP contribution in [-0.2, 0) is 9.59 Å². The Bertz CT molecular complexity index is 263.